The summed E-state index contributed by atoms with van der Waals surface area (Å²) >= 11 is 0. The van der Waals surface area contributed by atoms with E-state index in [0.717, 1.165) is 0 Å². The first-order chi connectivity index (χ1) is 14.8. The first-order valence-corrected chi connectivity index (χ1v) is 9.94. The summed E-state index contributed by atoms with van der Waals surface area (Å²) in [6.07, 6.45) is -0.586. The van der Waals surface area contributed by atoms with Gasteiger partial charge in [0.15, 0.2) is 6.10 Å². The summed E-state index contributed by atoms with van der Waals surface area (Å²) in [6, 6.07) is 13.6. The number of hydrogen-bond donors (Lipinski definition) is 1. The smallest absolute Gasteiger partial charge is 0.349 e. The van der Waals surface area contributed by atoms with Crippen LogP contribution < -0.4 is 20.6 Å². The van der Waals surface area contributed by atoms with Crippen molar-refractivity contribution in [2.75, 3.05) is 37.4 Å². The number of ether oxygens (including phenoxy) is 1. The molecule has 0 saturated heterocycles. The van der Waals surface area contributed by atoms with Crippen molar-refractivity contribution in [3.8, 4) is 5.75 Å². The van der Waals surface area contributed by atoms with E-state index < -0.39 is 17.6 Å². The fraction of sp³-hybridized carbons (Fsp3) is 0.261. The molecule has 2 aromatic carbocycles. The third kappa shape index (κ3) is 4.15. The monoisotopic (exact) mass is 421 g/mol. The van der Waals surface area contributed by atoms with Crippen molar-refractivity contribution in [1.82, 2.24) is 4.90 Å². The van der Waals surface area contributed by atoms with Crippen molar-refractivity contribution in [1.29, 1.82) is 0 Å². The van der Waals surface area contributed by atoms with Crippen LogP contribution in [0.15, 0.2) is 57.7 Å². The maximum absolute atomic E-state index is 12.8. The maximum atomic E-state index is 12.8. The highest BCUT2D eigenvalue weighted by molar-refractivity contribution is 6.06. The molecule has 1 atom stereocenters. The molecule has 3 aromatic rings. The highest BCUT2D eigenvalue weighted by Gasteiger charge is 2.31. The lowest BCUT2D eigenvalue weighted by atomic mass is 10.1. The standard InChI is InChI=1S/C23H23N3O5/c1-14-22(28)26(11-10-25(2)3)18-13-16(8-9-20(18)30-14)24-21(27)17-12-15-6-4-5-7-19(15)31-23(17)29/h4-9,12-14H,10-11H2,1-3H3,(H,24,27). The Morgan fingerprint density at radius 2 is 1.90 bits per heavy atom. The molecular formula is C23H23N3O5. The molecule has 4 rings (SSSR count). The van der Waals surface area contributed by atoms with Crippen LogP contribution in [-0.2, 0) is 4.79 Å². The highest BCUT2D eigenvalue weighted by Crippen LogP contribution is 2.36. The summed E-state index contributed by atoms with van der Waals surface area (Å²) in [5.41, 5.74) is 0.625. The zero-order valence-electron chi connectivity index (χ0n) is 17.5. The second-order valence-corrected chi connectivity index (χ2v) is 7.68. The summed E-state index contributed by atoms with van der Waals surface area (Å²) in [6.45, 7) is 2.87. The number of hydrogen-bond acceptors (Lipinski definition) is 6. The molecule has 8 heteroatoms. The number of amides is 2. The summed E-state index contributed by atoms with van der Waals surface area (Å²) in [4.78, 5) is 41.3. The molecule has 0 radical (unpaired) electrons. The first kappa shape index (κ1) is 20.6. The van der Waals surface area contributed by atoms with Gasteiger partial charge in [0.2, 0.25) is 0 Å². The van der Waals surface area contributed by atoms with Crippen LogP contribution in [-0.4, -0.2) is 50.0 Å². The molecule has 8 nitrogen and oxygen atoms in total. The van der Waals surface area contributed by atoms with Gasteiger partial charge in [-0.25, -0.2) is 4.79 Å². The van der Waals surface area contributed by atoms with Crippen LogP contribution in [0.4, 0.5) is 11.4 Å². The number of anilines is 2. The number of nitrogens with zero attached hydrogens (tertiary/aromatic N) is 2. The van der Waals surface area contributed by atoms with Crippen molar-refractivity contribution < 1.29 is 18.7 Å². The van der Waals surface area contributed by atoms with Crippen molar-refractivity contribution in [2.45, 2.75) is 13.0 Å². The Morgan fingerprint density at radius 1 is 1.13 bits per heavy atom. The van der Waals surface area contributed by atoms with E-state index in [-0.39, 0.29) is 11.5 Å². The molecule has 0 saturated carbocycles. The van der Waals surface area contributed by atoms with Crippen molar-refractivity contribution in [3.05, 3.63) is 64.5 Å². The van der Waals surface area contributed by atoms with E-state index in [1.54, 1.807) is 54.3 Å². The SMILES string of the molecule is CC1Oc2ccc(NC(=O)c3cc4ccccc4oc3=O)cc2N(CCN(C)C)C1=O. The van der Waals surface area contributed by atoms with Crippen molar-refractivity contribution in [3.63, 3.8) is 0 Å². The van der Waals surface area contributed by atoms with E-state index in [2.05, 4.69) is 5.32 Å². The van der Waals surface area contributed by atoms with E-state index >= 15 is 0 Å². The van der Waals surface area contributed by atoms with Gasteiger partial charge in [0.05, 0.1) is 5.69 Å². The quantitative estimate of drug-likeness (QED) is 0.637. The molecular weight excluding hydrogens is 398 g/mol. The molecule has 1 aliphatic heterocycles. The molecule has 0 aliphatic carbocycles. The van der Waals surface area contributed by atoms with Gasteiger partial charge >= 0.3 is 5.63 Å². The van der Waals surface area contributed by atoms with Crippen LogP contribution >= 0.6 is 0 Å². The lowest BCUT2D eigenvalue weighted by molar-refractivity contribution is -0.125. The van der Waals surface area contributed by atoms with Crippen LogP contribution in [0, 0.1) is 0 Å². The minimum absolute atomic E-state index is 0.0955. The Kier molecular flexibility index (Phi) is 5.48. The molecule has 1 aliphatic rings. The third-order valence-electron chi connectivity index (χ3n) is 5.08. The molecule has 0 fully saturated rings. The fourth-order valence-corrected chi connectivity index (χ4v) is 3.43. The Morgan fingerprint density at radius 3 is 2.68 bits per heavy atom. The second kappa shape index (κ2) is 8.23. The largest absolute Gasteiger partial charge is 0.479 e. The van der Waals surface area contributed by atoms with Crippen molar-refractivity contribution >= 4 is 34.2 Å². The number of fused-ring (bicyclic) bond motifs is 2. The number of benzene rings is 2. The molecule has 1 aromatic heterocycles. The van der Waals surface area contributed by atoms with Crippen LogP contribution in [0.25, 0.3) is 11.0 Å². The van der Waals surface area contributed by atoms with Gasteiger partial charge in [0.25, 0.3) is 11.8 Å². The number of likely N-dealkylation sites (N-methyl/N-ethyl adjacent to an activating group) is 1. The van der Waals surface area contributed by atoms with E-state index in [4.69, 9.17) is 9.15 Å². The molecule has 31 heavy (non-hydrogen) atoms. The molecule has 1 unspecified atom stereocenters. The lowest BCUT2D eigenvalue weighted by Crippen LogP contribution is -2.46. The van der Waals surface area contributed by atoms with Crippen LogP contribution in [0.1, 0.15) is 17.3 Å². The summed E-state index contributed by atoms with van der Waals surface area (Å²) in [5.74, 6) is -0.169. The van der Waals surface area contributed by atoms with E-state index in [9.17, 15) is 14.4 Å². The van der Waals surface area contributed by atoms with Gasteiger partial charge < -0.3 is 24.3 Å². The Labute approximate surface area is 179 Å². The summed E-state index contributed by atoms with van der Waals surface area (Å²) in [7, 11) is 3.86. The number of para-hydroxylation sites is 1. The van der Waals surface area contributed by atoms with Crippen LogP contribution in [0.5, 0.6) is 5.75 Å². The molecule has 1 N–H and O–H groups in total. The predicted octanol–water partition coefficient (Wildman–Crippen LogP) is 2.72. The Balaban J connectivity index is 1.63. The normalized spacial score (nSPS) is 15.7. The molecule has 2 heterocycles. The molecule has 0 bridgehead atoms. The fourth-order valence-electron chi connectivity index (χ4n) is 3.43. The average Bonchev–Trinajstić information content (AvgIpc) is 2.73. The summed E-state index contributed by atoms with van der Waals surface area (Å²) in [5, 5.41) is 3.38. The Bertz CT molecular complexity index is 1220. The minimum atomic E-state index is -0.714. The zero-order valence-corrected chi connectivity index (χ0v) is 17.5. The number of nitrogens with one attached hydrogen (secondary N) is 1. The van der Waals surface area contributed by atoms with Gasteiger partial charge in [-0.2, -0.15) is 0 Å². The van der Waals surface area contributed by atoms with Crippen LogP contribution in [0.3, 0.4) is 0 Å². The van der Waals surface area contributed by atoms with E-state index in [1.807, 2.05) is 19.0 Å². The van der Waals surface area contributed by atoms with E-state index in [0.29, 0.717) is 41.2 Å². The van der Waals surface area contributed by atoms with Gasteiger partial charge in [0, 0.05) is 24.2 Å². The average molecular weight is 421 g/mol. The molecule has 160 valence electrons. The third-order valence-corrected chi connectivity index (χ3v) is 5.08. The van der Waals surface area contributed by atoms with Crippen LogP contribution in [0.2, 0.25) is 0 Å². The summed E-state index contributed by atoms with van der Waals surface area (Å²) < 4.78 is 11.0. The zero-order chi connectivity index (χ0) is 22.1. The van der Waals surface area contributed by atoms with Gasteiger partial charge in [0.1, 0.15) is 16.9 Å². The number of carbonyl (C=O) groups is 2. The highest BCUT2D eigenvalue weighted by atomic mass is 16.5. The molecule has 2 amide bonds. The first-order valence-electron chi connectivity index (χ1n) is 9.94. The van der Waals surface area contributed by atoms with E-state index in [1.165, 1.54) is 6.07 Å². The maximum Gasteiger partial charge on any atom is 0.349 e. The van der Waals surface area contributed by atoms with Gasteiger partial charge in [-0.3, -0.25) is 9.59 Å². The topological polar surface area (TPSA) is 92.1 Å². The van der Waals surface area contributed by atoms with Gasteiger partial charge in [-0.05, 0) is 51.4 Å². The molecule has 0 spiro atoms. The minimum Gasteiger partial charge on any atom is -0.479 e. The lowest BCUT2D eigenvalue weighted by Gasteiger charge is -2.34. The number of rotatable bonds is 5. The Hall–Kier alpha value is -3.65. The van der Waals surface area contributed by atoms with Gasteiger partial charge in [-0.15, -0.1) is 0 Å². The van der Waals surface area contributed by atoms with Crippen molar-refractivity contribution in [2.24, 2.45) is 0 Å². The second-order valence-electron chi connectivity index (χ2n) is 7.68. The predicted molar refractivity (Wildman–Crippen MR) is 118 cm³/mol. The van der Waals surface area contributed by atoms with Gasteiger partial charge in [-0.1, -0.05) is 18.2 Å². The number of carbonyl (C=O) groups excluding carboxylic acids is 2.